The Labute approximate surface area is 148 Å². The molecule has 0 aliphatic carbocycles. The van der Waals surface area contributed by atoms with Crippen LogP contribution in [0.2, 0.25) is 0 Å². The van der Waals surface area contributed by atoms with E-state index in [-0.39, 0.29) is 11.7 Å². The van der Waals surface area contributed by atoms with Crippen LogP contribution in [0.5, 0.6) is 0 Å². The molecule has 1 aliphatic heterocycles. The zero-order chi connectivity index (χ0) is 18.0. The topological polar surface area (TPSA) is 54.6 Å². The number of hydrogen-bond donors (Lipinski definition) is 1. The zero-order valence-corrected chi connectivity index (χ0v) is 14.8. The Morgan fingerprint density at radius 3 is 2.64 bits per heavy atom. The van der Waals surface area contributed by atoms with Gasteiger partial charge in [-0.2, -0.15) is 13.2 Å². The maximum Gasteiger partial charge on any atom is 0.416 e. The van der Waals surface area contributed by atoms with Gasteiger partial charge < -0.3 is 15.4 Å². The molecule has 1 aliphatic rings. The van der Waals surface area contributed by atoms with Crippen molar-refractivity contribution in [2.75, 3.05) is 52.1 Å². The van der Waals surface area contributed by atoms with Crippen LogP contribution in [0.3, 0.4) is 0 Å². The van der Waals surface area contributed by atoms with E-state index in [1.54, 1.807) is 0 Å². The third-order valence-electron chi connectivity index (χ3n) is 4.32. The third-order valence-corrected chi connectivity index (χ3v) is 5.15. The fourth-order valence-corrected chi connectivity index (χ4v) is 3.66. The number of nitrogens with two attached hydrogens (primary N) is 1. The van der Waals surface area contributed by atoms with Crippen LogP contribution in [0.1, 0.15) is 11.1 Å². The van der Waals surface area contributed by atoms with Crippen molar-refractivity contribution in [1.29, 1.82) is 0 Å². The van der Waals surface area contributed by atoms with E-state index in [4.69, 9.17) is 10.5 Å². The van der Waals surface area contributed by atoms with E-state index < -0.39 is 11.7 Å². The second-order valence-electron chi connectivity index (χ2n) is 6.23. The number of benzene rings is 1. The Kier molecular flexibility index (Phi) is 5.47. The predicted molar refractivity (Wildman–Crippen MR) is 92.6 cm³/mol. The first kappa shape index (κ1) is 18.4. The molecule has 9 heteroatoms. The van der Waals surface area contributed by atoms with Gasteiger partial charge in [0.1, 0.15) is 0 Å². The number of likely N-dealkylation sites (N-methyl/N-ethyl adjacent to an activating group) is 1. The first-order valence-electron chi connectivity index (χ1n) is 8.08. The number of rotatable bonds is 5. The number of hydrogen-bond acceptors (Lipinski definition) is 6. The first-order chi connectivity index (χ1) is 11.8. The molecule has 0 atom stereocenters. The summed E-state index contributed by atoms with van der Waals surface area (Å²) in [5.74, 6) is 0. The van der Waals surface area contributed by atoms with E-state index in [2.05, 4.69) is 21.8 Å². The summed E-state index contributed by atoms with van der Waals surface area (Å²) in [5.41, 5.74) is 5.89. The van der Waals surface area contributed by atoms with Crippen LogP contribution in [-0.4, -0.2) is 61.2 Å². The molecule has 1 saturated heterocycles. The molecule has 0 bridgehead atoms. The van der Waals surface area contributed by atoms with E-state index in [9.17, 15) is 13.2 Å². The van der Waals surface area contributed by atoms with E-state index in [1.165, 1.54) is 0 Å². The maximum atomic E-state index is 13.1. The van der Waals surface area contributed by atoms with E-state index >= 15 is 0 Å². The van der Waals surface area contributed by atoms with Gasteiger partial charge in [0.15, 0.2) is 5.13 Å². The minimum atomic E-state index is -4.40. The number of halogens is 3. The van der Waals surface area contributed by atoms with Crippen molar-refractivity contribution in [2.24, 2.45) is 0 Å². The standard InChI is InChI=1S/C16H21F3N4OS/c1-22-2-4-23(5-3-22)6-7-24-10-11-8-12(16(17,18)19)9-13-14(11)21-15(20)25-13/h8-9H,2-7,10H2,1H3,(H2,20,21). The van der Waals surface area contributed by atoms with Gasteiger partial charge in [-0.1, -0.05) is 11.3 Å². The van der Waals surface area contributed by atoms with Crippen molar-refractivity contribution in [3.63, 3.8) is 0 Å². The fourth-order valence-electron chi connectivity index (χ4n) is 2.84. The zero-order valence-electron chi connectivity index (χ0n) is 14.0. The molecule has 1 aromatic carbocycles. The van der Waals surface area contributed by atoms with Crippen LogP contribution in [-0.2, 0) is 17.5 Å². The van der Waals surface area contributed by atoms with Crippen molar-refractivity contribution < 1.29 is 17.9 Å². The average molecular weight is 374 g/mol. The molecule has 0 saturated carbocycles. The number of piperazine rings is 1. The summed E-state index contributed by atoms with van der Waals surface area (Å²) in [6, 6.07) is 2.20. The molecule has 3 rings (SSSR count). The molecular weight excluding hydrogens is 353 g/mol. The SMILES string of the molecule is CN1CCN(CCOCc2cc(C(F)(F)F)cc3sc(N)nc23)CC1. The van der Waals surface area contributed by atoms with Gasteiger partial charge in [-0.25, -0.2) is 4.98 Å². The molecule has 2 heterocycles. The lowest BCUT2D eigenvalue weighted by molar-refractivity contribution is -0.137. The number of aromatic nitrogens is 1. The first-order valence-corrected chi connectivity index (χ1v) is 8.89. The maximum absolute atomic E-state index is 13.1. The van der Waals surface area contributed by atoms with Gasteiger partial charge in [0.25, 0.3) is 0 Å². The van der Waals surface area contributed by atoms with Crippen LogP contribution in [0.4, 0.5) is 18.3 Å². The normalized spacial score (nSPS) is 17.4. The minimum absolute atomic E-state index is 0.0946. The lowest BCUT2D eigenvalue weighted by Gasteiger charge is -2.32. The number of alkyl halides is 3. The van der Waals surface area contributed by atoms with Crippen molar-refractivity contribution in [3.05, 3.63) is 23.3 Å². The number of anilines is 1. The van der Waals surface area contributed by atoms with Crippen molar-refractivity contribution in [1.82, 2.24) is 14.8 Å². The largest absolute Gasteiger partial charge is 0.416 e. The van der Waals surface area contributed by atoms with Crippen molar-refractivity contribution in [3.8, 4) is 0 Å². The number of nitrogen functional groups attached to an aromatic ring is 1. The quantitative estimate of drug-likeness (QED) is 0.816. The molecule has 1 aromatic heterocycles. The molecule has 1 fully saturated rings. The molecule has 0 unspecified atom stereocenters. The number of nitrogens with zero attached hydrogens (tertiary/aromatic N) is 3. The summed E-state index contributed by atoms with van der Waals surface area (Å²) >= 11 is 1.06. The molecule has 2 N–H and O–H groups in total. The molecule has 25 heavy (non-hydrogen) atoms. The second-order valence-corrected chi connectivity index (χ2v) is 7.29. The molecule has 2 aromatic rings. The van der Waals surface area contributed by atoms with E-state index in [1.807, 2.05) is 0 Å². The van der Waals surface area contributed by atoms with Crippen LogP contribution < -0.4 is 5.73 Å². The smallest absolute Gasteiger partial charge is 0.375 e. The van der Waals surface area contributed by atoms with Crippen LogP contribution in [0, 0.1) is 0 Å². The number of fused-ring (bicyclic) bond motifs is 1. The van der Waals surface area contributed by atoms with Gasteiger partial charge >= 0.3 is 6.18 Å². The van der Waals surface area contributed by atoms with Crippen LogP contribution in [0.25, 0.3) is 10.2 Å². The number of thiazole rings is 1. The summed E-state index contributed by atoms with van der Waals surface area (Å²) in [7, 11) is 2.09. The average Bonchev–Trinajstić information content (AvgIpc) is 2.92. The van der Waals surface area contributed by atoms with Crippen LogP contribution in [0.15, 0.2) is 12.1 Å². The minimum Gasteiger partial charge on any atom is -0.375 e. The lowest BCUT2D eigenvalue weighted by Crippen LogP contribution is -2.45. The highest BCUT2D eigenvalue weighted by Crippen LogP contribution is 2.36. The highest BCUT2D eigenvalue weighted by Gasteiger charge is 2.32. The van der Waals surface area contributed by atoms with Gasteiger partial charge in [0, 0.05) is 38.3 Å². The summed E-state index contributed by atoms with van der Waals surface area (Å²) in [4.78, 5) is 8.71. The van der Waals surface area contributed by atoms with Gasteiger partial charge in [0.2, 0.25) is 0 Å². The van der Waals surface area contributed by atoms with Gasteiger partial charge in [-0.05, 0) is 19.2 Å². The highest BCUT2D eigenvalue weighted by atomic mass is 32.1. The summed E-state index contributed by atoms with van der Waals surface area (Å²) in [5, 5.41) is 0.257. The van der Waals surface area contributed by atoms with Gasteiger partial charge in [-0.15, -0.1) is 0 Å². The summed E-state index contributed by atoms with van der Waals surface area (Å²) in [6.45, 7) is 5.35. The fraction of sp³-hybridized carbons (Fsp3) is 0.562. The monoisotopic (exact) mass is 374 g/mol. The molecule has 138 valence electrons. The van der Waals surface area contributed by atoms with Gasteiger partial charge in [-0.3, -0.25) is 4.90 Å². The Bertz CT molecular complexity index is 726. The molecule has 0 spiro atoms. The van der Waals surface area contributed by atoms with Gasteiger partial charge in [0.05, 0.1) is 29.0 Å². The van der Waals surface area contributed by atoms with Crippen molar-refractivity contribution in [2.45, 2.75) is 12.8 Å². The molecule has 5 nitrogen and oxygen atoms in total. The molecule has 0 radical (unpaired) electrons. The van der Waals surface area contributed by atoms with Crippen LogP contribution >= 0.6 is 11.3 Å². The Morgan fingerprint density at radius 1 is 1.24 bits per heavy atom. The summed E-state index contributed by atoms with van der Waals surface area (Å²) in [6.07, 6.45) is -4.40. The highest BCUT2D eigenvalue weighted by molar-refractivity contribution is 7.22. The third kappa shape index (κ3) is 4.60. The predicted octanol–water partition coefficient (Wildman–Crippen LogP) is 2.66. The summed E-state index contributed by atoms with van der Waals surface area (Å²) < 4.78 is 45.3. The Hall–Kier alpha value is -1.42. The van der Waals surface area contributed by atoms with E-state index in [0.29, 0.717) is 22.4 Å². The Balaban J connectivity index is 1.64. The lowest BCUT2D eigenvalue weighted by atomic mass is 10.1. The second kappa shape index (κ2) is 7.45. The Morgan fingerprint density at radius 2 is 1.96 bits per heavy atom. The van der Waals surface area contributed by atoms with Crippen molar-refractivity contribution >= 4 is 26.7 Å². The molecule has 0 amide bonds. The number of ether oxygens (including phenoxy) is 1. The van der Waals surface area contributed by atoms with E-state index in [0.717, 1.165) is 56.2 Å². The molecular formula is C16H21F3N4OS.